The van der Waals surface area contributed by atoms with Crippen LogP contribution >= 0.6 is 0 Å². The van der Waals surface area contributed by atoms with Crippen molar-refractivity contribution in [3.05, 3.63) is 18.0 Å². The molecule has 1 aliphatic carbocycles. The van der Waals surface area contributed by atoms with E-state index in [1.54, 1.807) is 20.4 Å². The standard InChI is InChI=1S/C22H33N3O3/c1-27-19-9-12-23-18(20(19)28-2)15-24-14-11-22(16-24)10-6-13-25(21(22)26)17-7-4-3-5-8-17/h9,12,17H,3-8,10-11,13-16H2,1-2H3. The maximum Gasteiger partial charge on any atom is 0.230 e. The second-order valence-corrected chi connectivity index (χ2v) is 8.63. The molecule has 0 N–H and O–H groups in total. The van der Waals surface area contributed by atoms with Gasteiger partial charge in [0.05, 0.1) is 19.6 Å². The lowest BCUT2D eigenvalue weighted by molar-refractivity contribution is -0.149. The molecular formula is C22H33N3O3. The van der Waals surface area contributed by atoms with Gasteiger partial charge in [-0.1, -0.05) is 19.3 Å². The van der Waals surface area contributed by atoms with Crippen LogP contribution in [0.5, 0.6) is 11.5 Å². The molecule has 154 valence electrons. The van der Waals surface area contributed by atoms with Crippen LogP contribution in [0.15, 0.2) is 12.3 Å². The summed E-state index contributed by atoms with van der Waals surface area (Å²) < 4.78 is 10.9. The Bertz CT molecular complexity index is 704. The number of carbonyl (C=O) groups is 1. The summed E-state index contributed by atoms with van der Waals surface area (Å²) in [5, 5.41) is 0. The lowest BCUT2D eigenvalue weighted by Gasteiger charge is -2.44. The Kier molecular flexibility index (Phi) is 5.76. The molecule has 4 rings (SSSR count). The maximum absolute atomic E-state index is 13.5. The molecule has 3 fully saturated rings. The van der Waals surface area contributed by atoms with E-state index in [9.17, 15) is 4.79 Å². The number of methoxy groups -OCH3 is 2. The minimum atomic E-state index is -0.193. The van der Waals surface area contributed by atoms with Crippen molar-refractivity contribution in [3.63, 3.8) is 0 Å². The van der Waals surface area contributed by atoms with E-state index < -0.39 is 0 Å². The van der Waals surface area contributed by atoms with Gasteiger partial charge in [-0.05, 0) is 38.6 Å². The molecule has 0 aromatic carbocycles. The lowest BCUT2D eigenvalue weighted by Crippen LogP contribution is -2.54. The highest BCUT2D eigenvalue weighted by molar-refractivity contribution is 5.84. The zero-order valence-corrected chi connectivity index (χ0v) is 17.3. The molecule has 0 bridgehead atoms. The van der Waals surface area contributed by atoms with Gasteiger partial charge in [-0.2, -0.15) is 0 Å². The minimum Gasteiger partial charge on any atom is -0.493 e. The van der Waals surface area contributed by atoms with Crippen LogP contribution in [0.1, 0.15) is 57.1 Å². The Labute approximate surface area is 168 Å². The number of rotatable bonds is 5. The molecular weight excluding hydrogens is 354 g/mol. The van der Waals surface area contributed by atoms with E-state index in [0.29, 0.717) is 30.0 Å². The third-order valence-electron chi connectivity index (χ3n) is 6.96. The molecule has 1 saturated carbocycles. The van der Waals surface area contributed by atoms with Crippen molar-refractivity contribution < 1.29 is 14.3 Å². The molecule has 6 heteroatoms. The quantitative estimate of drug-likeness (QED) is 0.776. The Balaban J connectivity index is 1.46. The summed E-state index contributed by atoms with van der Waals surface area (Å²) in [5.41, 5.74) is 0.688. The summed E-state index contributed by atoms with van der Waals surface area (Å²) in [5.74, 6) is 1.82. The Morgan fingerprint density at radius 3 is 2.68 bits per heavy atom. The van der Waals surface area contributed by atoms with Crippen LogP contribution in [0.4, 0.5) is 0 Å². The molecule has 28 heavy (non-hydrogen) atoms. The number of hydrogen-bond donors (Lipinski definition) is 0. The van der Waals surface area contributed by atoms with E-state index >= 15 is 0 Å². The second kappa shape index (κ2) is 8.27. The fourth-order valence-corrected chi connectivity index (χ4v) is 5.49. The Morgan fingerprint density at radius 1 is 1.11 bits per heavy atom. The first-order valence-electron chi connectivity index (χ1n) is 10.8. The van der Waals surface area contributed by atoms with Gasteiger partial charge in [-0.3, -0.25) is 14.7 Å². The van der Waals surface area contributed by atoms with E-state index in [2.05, 4.69) is 14.8 Å². The Hall–Kier alpha value is -1.82. The van der Waals surface area contributed by atoms with Crippen LogP contribution in [0, 0.1) is 5.41 Å². The third-order valence-corrected chi connectivity index (χ3v) is 6.96. The summed E-state index contributed by atoms with van der Waals surface area (Å²) in [6.45, 7) is 3.42. The van der Waals surface area contributed by atoms with Crippen molar-refractivity contribution in [1.29, 1.82) is 0 Å². The first-order valence-corrected chi connectivity index (χ1v) is 10.8. The van der Waals surface area contributed by atoms with Gasteiger partial charge in [0.1, 0.15) is 5.69 Å². The summed E-state index contributed by atoms with van der Waals surface area (Å²) in [6.07, 6.45) is 11.1. The van der Waals surface area contributed by atoms with Crippen LogP contribution in [-0.4, -0.2) is 60.6 Å². The van der Waals surface area contributed by atoms with Gasteiger partial charge in [0, 0.05) is 37.9 Å². The van der Waals surface area contributed by atoms with Crippen LogP contribution < -0.4 is 9.47 Å². The number of hydrogen-bond acceptors (Lipinski definition) is 5. The number of carbonyl (C=O) groups excluding carboxylic acids is 1. The molecule has 1 atom stereocenters. The van der Waals surface area contributed by atoms with Crippen molar-refractivity contribution >= 4 is 5.91 Å². The molecule has 1 unspecified atom stereocenters. The molecule has 1 amide bonds. The second-order valence-electron chi connectivity index (χ2n) is 8.63. The predicted octanol–water partition coefficient (Wildman–Crippen LogP) is 3.25. The van der Waals surface area contributed by atoms with E-state index in [1.807, 2.05) is 6.07 Å². The number of nitrogens with zero attached hydrogens (tertiary/aromatic N) is 3. The topological polar surface area (TPSA) is 54.9 Å². The highest BCUT2D eigenvalue weighted by Gasteiger charge is 2.49. The predicted molar refractivity (Wildman–Crippen MR) is 107 cm³/mol. The molecule has 2 saturated heterocycles. The number of piperidine rings is 1. The van der Waals surface area contributed by atoms with E-state index in [0.717, 1.165) is 44.6 Å². The van der Waals surface area contributed by atoms with Gasteiger partial charge in [0.2, 0.25) is 5.91 Å². The summed E-state index contributed by atoms with van der Waals surface area (Å²) in [7, 11) is 3.30. The number of likely N-dealkylation sites (tertiary alicyclic amines) is 2. The average Bonchev–Trinajstić information content (AvgIpc) is 3.14. The molecule has 3 aliphatic rings. The first-order chi connectivity index (χ1) is 13.7. The van der Waals surface area contributed by atoms with Gasteiger partial charge in [-0.15, -0.1) is 0 Å². The lowest BCUT2D eigenvalue weighted by atomic mass is 9.77. The van der Waals surface area contributed by atoms with Crippen LogP contribution in [0.2, 0.25) is 0 Å². The number of amides is 1. The van der Waals surface area contributed by atoms with Gasteiger partial charge in [0.25, 0.3) is 0 Å². The number of pyridine rings is 1. The van der Waals surface area contributed by atoms with E-state index in [4.69, 9.17) is 9.47 Å². The van der Waals surface area contributed by atoms with Crippen molar-refractivity contribution in [1.82, 2.24) is 14.8 Å². The van der Waals surface area contributed by atoms with Crippen molar-refractivity contribution in [3.8, 4) is 11.5 Å². The van der Waals surface area contributed by atoms with Gasteiger partial charge in [-0.25, -0.2) is 0 Å². The van der Waals surface area contributed by atoms with E-state index in [1.165, 1.54) is 32.1 Å². The molecule has 2 aliphatic heterocycles. The molecule has 1 spiro atoms. The highest BCUT2D eigenvalue weighted by Crippen LogP contribution is 2.43. The van der Waals surface area contributed by atoms with Gasteiger partial charge < -0.3 is 14.4 Å². The minimum absolute atomic E-state index is 0.193. The number of aromatic nitrogens is 1. The first kappa shape index (κ1) is 19.5. The molecule has 3 heterocycles. The molecule has 0 radical (unpaired) electrons. The summed E-state index contributed by atoms with van der Waals surface area (Å²) in [6, 6.07) is 2.30. The highest BCUT2D eigenvalue weighted by atomic mass is 16.5. The van der Waals surface area contributed by atoms with Gasteiger partial charge >= 0.3 is 0 Å². The molecule has 1 aromatic rings. The average molecular weight is 388 g/mol. The normalized spacial score (nSPS) is 26.8. The maximum atomic E-state index is 13.5. The zero-order valence-electron chi connectivity index (χ0n) is 17.3. The Morgan fingerprint density at radius 2 is 1.93 bits per heavy atom. The van der Waals surface area contributed by atoms with Crippen molar-refractivity contribution in [2.24, 2.45) is 5.41 Å². The summed E-state index contributed by atoms with van der Waals surface area (Å²) in [4.78, 5) is 22.6. The number of ether oxygens (including phenoxy) is 2. The summed E-state index contributed by atoms with van der Waals surface area (Å²) >= 11 is 0. The molecule has 6 nitrogen and oxygen atoms in total. The van der Waals surface area contributed by atoms with Crippen molar-refractivity contribution in [2.75, 3.05) is 33.9 Å². The van der Waals surface area contributed by atoms with Crippen LogP contribution in [0.3, 0.4) is 0 Å². The molecule has 1 aromatic heterocycles. The van der Waals surface area contributed by atoms with Gasteiger partial charge in [0.15, 0.2) is 11.5 Å². The fraction of sp³-hybridized carbons (Fsp3) is 0.727. The monoisotopic (exact) mass is 387 g/mol. The smallest absolute Gasteiger partial charge is 0.230 e. The third kappa shape index (κ3) is 3.59. The van der Waals surface area contributed by atoms with Crippen molar-refractivity contribution in [2.45, 2.75) is 64.0 Å². The fourth-order valence-electron chi connectivity index (χ4n) is 5.49. The SMILES string of the molecule is COc1ccnc(CN2CCC3(CCCN(C4CCCCC4)C3=O)C2)c1OC. The van der Waals surface area contributed by atoms with E-state index in [-0.39, 0.29) is 5.41 Å². The van der Waals surface area contributed by atoms with Crippen LogP contribution in [-0.2, 0) is 11.3 Å². The largest absolute Gasteiger partial charge is 0.493 e. The zero-order chi connectivity index (χ0) is 19.6. The van der Waals surface area contributed by atoms with Crippen LogP contribution in [0.25, 0.3) is 0 Å².